The molecule has 0 amide bonds. The maximum atomic E-state index is 14.2. The first-order chi connectivity index (χ1) is 17.1. The van der Waals surface area contributed by atoms with Gasteiger partial charge in [-0.25, -0.2) is 14.4 Å². The SMILES string of the molecule is CCCCCCCCc1ccc(-c2ncc(OCCC(F)CCCC(C)CCCCC)cn2)cc1. The van der Waals surface area contributed by atoms with Crippen molar-refractivity contribution in [3.8, 4) is 17.1 Å². The van der Waals surface area contributed by atoms with Gasteiger partial charge in [0, 0.05) is 12.0 Å². The summed E-state index contributed by atoms with van der Waals surface area (Å²) in [5, 5.41) is 0. The van der Waals surface area contributed by atoms with Crippen molar-refractivity contribution in [3.05, 3.63) is 42.2 Å². The first-order valence-corrected chi connectivity index (χ1v) is 14.3. The lowest BCUT2D eigenvalue weighted by Gasteiger charge is -2.13. The van der Waals surface area contributed by atoms with E-state index in [-0.39, 0.29) is 0 Å². The molecule has 0 N–H and O–H groups in total. The van der Waals surface area contributed by atoms with Crippen molar-refractivity contribution in [1.29, 1.82) is 0 Å². The number of hydrogen-bond donors (Lipinski definition) is 0. The Bertz CT molecular complexity index is 763. The minimum Gasteiger partial charge on any atom is -0.490 e. The van der Waals surface area contributed by atoms with Gasteiger partial charge in [0.1, 0.15) is 6.17 Å². The lowest BCUT2D eigenvalue weighted by Crippen LogP contribution is -2.08. The number of aromatic nitrogens is 2. The maximum absolute atomic E-state index is 14.2. The fourth-order valence-corrected chi connectivity index (χ4v) is 4.49. The standard InChI is InChI=1S/C31H49FN2O/c1-4-6-8-9-10-12-16-27-18-20-28(21-19-27)31-33-24-30(25-34-31)35-23-22-29(32)17-13-15-26(3)14-11-7-5-2/h18-21,24-26,29H,4-17,22-23H2,1-3H3. The van der Waals surface area contributed by atoms with Crippen LogP contribution in [0, 0.1) is 5.92 Å². The van der Waals surface area contributed by atoms with E-state index < -0.39 is 6.17 Å². The maximum Gasteiger partial charge on any atom is 0.159 e. The molecule has 4 heteroatoms. The van der Waals surface area contributed by atoms with Gasteiger partial charge in [-0.3, -0.25) is 0 Å². The minimum atomic E-state index is -0.798. The molecule has 0 saturated carbocycles. The van der Waals surface area contributed by atoms with Crippen LogP contribution in [0.3, 0.4) is 0 Å². The van der Waals surface area contributed by atoms with Crippen molar-refractivity contribution in [1.82, 2.24) is 9.97 Å². The van der Waals surface area contributed by atoms with Gasteiger partial charge in [0.25, 0.3) is 0 Å². The quantitative estimate of drug-likeness (QED) is 0.175. The van der Waals surface area contributed by atoms with Gasteiger partial charge in [0.15, 0.2) is 11.6 Å². The van der Waals surface area contributed by atoms with E-state index >= 15 is 0 Å². The normalized spacial score (nSPS) is 13.0. The lowest BCUT2D eigenvalue weighted by molar-refractivity contribution is 0.219. The van der Waals surface area contributed by atoms with Crippen LogP contribution in [0.15, 0.2) is 36.7 Å². The molecule has 1 aromatic heterocycles. The number of unbranched alkanes of at least 4 members (excludes halogenated alkanes) is 7. The topological polar surface area (TPSA) is 35.0 Å². The third-order valence-electron chi connectivity index (χ3n) is 6.87. The predicted octanol–water partition coefficient (Wildman–Crippen LogP) is 9.54. The van der Waals surface area contributed by atoms with Gasteiger partial charge in [-0.1, -0.05) is 116 Å². The zero-order chi connectivity index (χ0) is 25.1. The van der Waals surface area contributed by atoms with E-state index in [9.17, 15) is 4.39 Å². The molecule has 0 spiro atoms. The first kappa shape index (κ1) is 29.3. The van der Waals surface area contributed by atoms with E-state index in [2.05, 4.69) is 55.0 Å². The Balaban J connectivity index is 1.63. The molecule has 0 bridgehead atoms. The molecule has 0 saturated heterocycles. The van der Waals surface area contributed by atoms with E-state index in [1.165, 1.54) is 69.8 Å². The number of nitrogens with zero attached hydrogens (tertiary/aromatic N) is 2. The van der Waals surface area contributed by atoms with Crippen molar-refractivity contribution >= 4 is 0 Å². The van der Waals surface area contributed by atoms with Crippen LogP contribution in [0.25, 0.3) is 11.4 Å². The average molecular weight is 485 g/mol. The summed E-state index contributed by atoms with van der Waals surface area (Å²) < 4.78 is 19.9. The summed E-state index contributed by atoms with van der Waals surface area (Å²) in [6.07, 6.45) is 19.9. The Kier molecular flexibility index (Phi) is 15.3. The van der Waals surface area contributed by atoms with Gasteiger partial charge in [-0.2, -0.15) is 0 Å². The molecular weight excluding hydrogens is 435 g/mol. The Labute approximate surface area is 214 Å². The van der Waals surface area contributed by atoms with Crippen LogP contribution < -0.4 is 4.74 Å². The molecule has 2 atom stereocenters. The number of halogens is 1. The van der Waals surface area contributed by atoms with Gasteiger partial charge >= 0.3 is 0 Å². The van der Waals surface area contributed by atoms with Gasteiger partial charge in [-0.15, -0.1) is 0 Å². The molecule has 0 aliphatic carbocycles. The summed E-state index contributed by atoms with van der Waals surface area (Å²) in [6.45, 7) is 7.15. The molecule has 196 valence electrons. The second-order valence-electron chi connectivity index (χ2n) is 10.2. The Morgan fingerprint density at radius 2 is 1.37 bits per heavy atom. The van der Waals surface area contributed by atoms with Crippen molar-refractivity contribution in [2.24, 2.45) is 5.92 Å². The highest BCUT2D eigenvalue weighted by molar-refractivity contribution is 5.55. The molecule has 0 aliphatic heterocycles. The second kappa shape index (κ2) is 18.3. The molecule has 35 heavy (non-hydrogen) atoms. The number of rotatable bonds is 20. The first-order valence-electron chi connectivity index (χ1n) is 14.3. The molecule has 2 unspecified atom stereocenters. The molecule has 0 fully saturated rings. The average Bonchev–Trinajstić information content (AvgIpc) is 2.87. The van der Waals surface area contributed by atoms with Gasteiger partial charge in [0.05, 0.1) is 19.0 Å². The van der Waals surface area contributed by atoms with Crippen LogP contribution in [0.5, 0.6) is 5.75 Å². The largest absolute Gasteiger partial charge is 0.490 e. The minimum absolute atomic E-state index is 0.364. The molecule has 1 heterocycles. The number of hydrogen-bond acceptors (Lipinski definition) is 3. The van der Waals surface area contributed by atoms with Crippen molar-refractivity contribution in [2.75, 3.05) is 6.61 Å². The van der Waals surface area contributed by atoms with Crippen LogP contribution in [-0.4, -0.2) is 22.7 Å². The van der Waals surface area contributed by atoms with Crippen molar-refractivity contribution < 1.29 is 9.13 Å². The zero-order valence-corrected chi connectivity index (χ0v) is 22.6. The fraction of sp³-hybridized carbons (Fsp3) is 0.677. The molecular formula is C31H49FN2O. The van der Waals surface area contributed by atoms with E-state index in [4.69, 9.17) is 4.74 Å². The zero-order valence-electron chi connectivity index (χ0n) is 22.6. The van der Waals surface area contributed by atoms with Crippen molar-refractivity contribution in [3.63, 3.8) is 0 Å². The van der Waals surface area contributed by atoms with Gasteiger partial charge in [-0.05, 0) is 30.7 Å². The van der Waals surface area contributed by atoms with Crippen molar-refractivity contribution in [2.45, 2.75) is 123 Å². The highest BCUT2D eigenvalue weighted by atomic mass is 19.1. The number of ether oxygens (including phenoxy) is 1. The van der Waals surface area contributed by atoms with E-state index in [1.54, 1.807) is 12.4 Å². The van der Waals surface area contributed by atoms with E-state index in [0.717, 1.165) is 24.8 Å². The monoisotopic (exact) mass is 484 g/mol. The number of aryl methyl sites for hydroxylation is 1. The lowest BCUT2D eigenvalue weighted by atomic mass is 9.96. The Hall–Kier alpha value is -1.97. The van der Waals surface area contributed by atoms with Crippen LogP contribution >= 0.6 is 0 Å². The summed E-state index contributed by atoms with van der Waals surface area (Å²) in [7, 11) is 0. The fourth-order valence-electron chi connectivity index (χ4n) is 4.49. The van der Waals surface area contributed by atoms with E-state index in [0.29, 0.717) is 36.9 Å². The molecule has 2 aromatic rings. The van der Waals surface area contributed by atoms with Crippen LogP contribution in [0.2, 0.25) is 0 Å². The molecule has 3 nitrogen and oxygen atoms in total. The third-order valence-corrected chi connectivity index (χ3v) is 6.87. The van der Waals surface area contributed by atoms with E-state index in [1.807, 2.05) is 0 Å². The highest BCUT2D eigenvalue weighted by Gasteiger charge is 2.10. The Morgan fingerprint density at radius 3 is 2.09 bits per heavy atom. The summed E-state index contributed by atoms with van der Waals surface area (Å²) in [5.74, 6) is 2.00. The molecule has 2 rings (SSSR count). The van der Waals surface area contributed by atoms with Gasteiger partial charge in [0.2, 0.25) is 0 Å². The summed E-state index contributed by atoms with van der Waals surface area (Å²) >= 11 is 0. The van der Waals surface area contributed by atoms with Gasteiger partial charge < -0.3 is 4.74 Å². The number of benzene rings is 1. The summed E-state index contributed by atoms with van der Waals surface area (Å²) in [4.78, 5) is 8.90. The predicted molar refractivity (Wildman–Crippen MR) is 147 cm³/mol. The molecule has 1 aromatic carbocycles. The molecule has 0 aliphatic rings. The summed E-state index contributed by atoms with van der Waals surface area (Å²) in [6, 6.07) is 8.56. The number of alkyl halides is 1. The van der Waals surface area contributed by atoms with Crippen LogP contribution in [0.4, 0.5) is 4.39 Å². The molecule has 0 radical (unpaired) electrons. The smallest absolute Gasteiger partial charge is 0.159 e. The Morgan fingerprint density at radius 1 is 0.743 bits per heavy atom. The van der Waals surface area contributed by atoms with Crippen LogP contribution in [0.1, 0.15) is 116 Å². The highest BCUT2D eigenvalue weighted by Crippen LogP contribution is 2.20. The second-order valence-corrected chi connectivity index (χ2v) is 10.2. The van der Waals surface area contributed by atoms with Crippen LogP contribution in [-0.2, 0) is 6.42 Å². The summed E-state index contributed by atoms with van der Waals surface area (Å²) in [5.41, 5.74) is 2.38. The third kappa shape index (κ3) is 13.1.